The van der Waals surface area contributed by atoms with E-state index in [0.29, 0.717) is 5.75 Å². The van der Waals surface area contributed by atoms with Crippen molar-refractivity contribution in [2.24, 2.45) is 0 Å². The van der Waals surface area contributed by atoms with Crippen LogP contribution in [0.15, 0.2) is 30.5 Å². The van der Waals surface area contributed by atoms with Crippen LogP contribution in [0, 0.1) is 0 Å². The van der Waals surface area contributed by atoms with Crippen molar-refractivity contribution in [1.29, 1.82) is 0 Å². The minimum Gasteiger partial charge on any atom is -0.410 e. The number of carbonyl (C=O) groups excluding carboxylic acids is 1. The molecular formula is C15H18N2O2. The number of aromatic amines is 1. The van der Waals surface area contributed by atoms with Crippen LogP contribution >= 0.6 is 0 Å². The zero-order valence-electron chi connectivity index (χ0n) is 10.8. The summed E-state index contributed by atoms with van der Waals surface area (Å²) >= 11 is 0. The summed E-state index contributed by atoms with van der Waals surface area (Å²) in [6.07, 6.45) is 7.31. The van der Waals surface area contributed by atoms with Gasteiger partial charge in [0.2, 0.25) is 0 Å². The molecule has 1 amide bonds. The number of rotatable bonds is 2. The maximum Gasteiger partial charge on any atom is 0.412 e. The van der Waals surface area contributed by atoms with E-state index >= 15 is 0 Å². The second-order valence-electron chi connectivity index (χ2n) is 5.10. The Kier molecular flexibility index (Phi) is 3.40. The SMILES string of the molecule is O=C(NC1CCCCC1)Oc1ccc2cc[nH]c2c1. The van der Waals surface area contributed by atoms with Crippen LogP contribution in [0.5, 0.6) is 5.75 Å². The minimum absolute atomic E-state index is 0.274. The Labute approximate surface area is 112 Å². The molecule has 0 bridgehead atoms. The average molecular weight is 258 g/mol. The summed E-state index contributed by atoms with van der Waals surface area (Å²) in [4.78, 5) is 14.9. The van der Waals surface area contributed by atoms with E-state index in [1.165, 1.54) is 19.3 Å². The van der Waals surface area contributed by atoms with Crippen LogP contribution < -0.4 is 10.1 Å². The topological polar surface area (TPSA) is 54.1 Å². The van der Waals surface area contributed by atoms with Crippen molar-refractivity contribution in [2.75, 3.05) is 0 Å². The summed E-state index contributed by atoms with van der Waals surface area (Å²) < 4.78 is 5.32. The van der Waals surface area contributed by atoms with Gasteiger partial charge < -0.3 is 15.0 Å². The second-order valence-corrected chi connectivity index (χ2v) is 5.10. The van der Waals surface area contributed by atoms with Crippen LogP contribution in [-0.2, 0) is 0 Å². The van der Waals surface area contributed by atoms with Crippen molar-refractivity contribution in [1.82, 2.24) is 10.3 Å². The Morgan fingerprint density at radius 1 is 1.21 bits per heavy atom. The van der Waals surface area contributed by atoms with Crippen molar-refractivity contribution in [3.63, 3.8) is 0 Å². The summed E-state index contributed by atoms with van der Waals surface area (Å²) in [7, 11) is 0. The van der Waals surface area contributed by atoms with Gasteiger partial charge in [0.1, 0.15) is 5.75 Å². The van der Waals surface area contributed by atoms with Crippen LogP contribution in [0.1, 0.15) is 32.1 Å². The van der Waals surface area contributed by atoms with E-state index in [-0.39, 0.29) is 12.1 Å². The maximum atomic E-state index is 11.8. The second kappa shape index (κ2) is 5.34. The molecule has 1 aliphatic rings. The highest BCUT2D eigenvalue weighted by molar-refractivity contribution is 5.81. The van der Waals surface area contributed by atoms with E-state index in [4.69, 9.17) is 4.74 Å². The molecule has 2 N–H and O–H groups in total. The van der Waals surface area contributed by atoms with Crippen LogP contribution in [-0.4, -0.2) is 17.1 Å². The number of benzene rings is 1. The molecule has 3 rings (SSSR count). The fourth-order valence-electron chi connectivity index (χ4n) is 2.64. The van der Waals surface area contributed by atoms with Gasteiger partial charge in [0.05, 0.1) is 0 Å². The van der Waals surface area contributed by atoms with E-state index in [2.05, 4.69) is 10.3 Å². The monoisotopic (exact) mass is 258 g/mol. The van der Waals surface area contributed by atoms with Gasteiger partial charge in [-0.15, -0.1) is 0 Å². The van der Waals surface area contributed by atoms with Gasteiger partial charge >= 0.3 is 6.09 Å². The number of fused-ring (bicyclic) bond motifs is 1. The fraction of sp³-hybridized carbons (Fsp3) is 0.400. The molecule has 0 radical (unpaired) electrons. The molecule has 2 aromatic rings. The number of carbonyl (C=O) groups is 1. The van der Waals surface area contributed by atoms with Crippen LogP contribution in [0.25, 0.3) is 10.9 Å². The molecule has 0 aliphatic heterocycles. The highest BCUT2D eigenvalue weighted by atomic mass is 16.6. The number of amides is 1. The lowest BCUT2D eigenvalue weighted by Crippen LogP contribution is -2.37. The summed E-state index contributed by atoms with van der Waals surface area (Å²) in [5.74, 6) is 0.572. The first-order valence-electron chi connectivity index (χ1n) is 6.87. The van der Waals surface area contributed by atoms with Crippen molar-refractivity contribution in [3.05, 3.63) is 30.5 Å². The lowest BCUT2D eigenvalue weighted by atomic mass is 9.96. The van der Waals surface area contributed by atoms with Crippen molar-refractivity contribution >= 4 is 17.0 Å². The first-order valence-corrected chi connectivity index (χ1v) is 6.87. The molecule has 19 heavy (non-hydrogen) atoms. The van der Waals surface area contributed by atoms with Gasteiger partial charge in [0, 0.05) is 23.8 Å². The molecule has 1 aromatic carbocycles. The quantitative estimate of drug-likeness (QED) is 0.864. The summed E-state index contributed by atoms with van der Waals surface area (Å²) in [6.45, 7) is 0. The Hall–Kier alpha value is -1.97. The van der Waals surface area contributed by atoms with E-state index in [1.54, 1.807) is 0 Å². The van der Waals surface area contributed by atoms with Gasteiger partial charge in [0.15, 0.2) is 0 Å². The van der Waals surface area contributed by atoms with Gasteiger partial charge in [-0.3, -0.25) is 0 Å². The molecule has 0 spiro atoms. The largest absolute Gasteiger partial charge is 0.412 e. The van der Waals surface area contributed by atoms with Gasteiger partial charge in [-0.05, 0) is 36.4 Å². The fourth-order valence-corrected chi connectivity index (χ4v) is 2.64. The van der Waals surface area contributed by atoms with Gasteiger partial charge in [0.25, 0.3) is 0 Å². The van der Waals surface area contributed by atoms with Gasteiger partial charge in [-0.2, -0.15) is 0 Å². The van der Waals surface area contributed by atoms with E-state index in [1.807, 2.05) is 30.5 Å². The highest BCUT2D eigenvalue weighted by Crippen LogP contribution is 2.20. The normalized spacial score (nSPS) is 16.4. The number of hydrogen-bond acceptors (Lipinski definition) is 2. The Morgan fingerprint density at radius 3 is 2.89 bits per heavy atom. The highest BCUT2D eigenvalue weighted by Gasteiger charge is 2.16. The van der Waals surface area contributed by atoms with Crippen molar-refractivity contribution in [3.8, 4) is 5.75 Å². The first kappa shape index (κ1) is 12.1. The first-order chi connectivity index (χ1) is 9.31. The Balaban J connectivity index is 1.61. The van der Waals surface area contributed by atoms with Crippen molar-refractivity contribution in [2.45, 2.75) is 38.1 Å². The van der Waals surface area contributed by atoms with Crippen molar-refractivity contribution < 1.29 is 9.53 Å². The molecule has 0 atom stereocenters. The molecule has 100 valence electrons. The molecule has 0 unspecified atom stereocenters. The molecule has 4 heteroatoms. The number of hydrogen-bond donors (Lipinski definition) is 2. The van der Waals surface area contributed by atoms with Crippen LogP contribution in [0.2, 0.25) is 0 Å². The molecule has 1 heterocycles. The van der Waals surface area contributed by atoms with Crippen LogP contribution in [0.4, 0.5) is 4.79 Å². The smallest absolute Gasteiger partial charge is 0.410 e. The zero-order valence-corrected chi connectivity index (χ0v) is 10.8. The molecular weight excluding hydrogens is 240 g/mol. The van der Waals surface area contributed by atoms with E-state index in [0.717, 1.165) is 23.7 Å². The predicted octanol–water partition coefficient (Wildman–Crippen LogP) is 3.59. The maximum absolute atomic E-state index is 11.8. The molecule has 1 saturated carbocycles. The predicted molar refractivity (Wildman–Crippen MR) is 74.3 cm³/mol. The lowest BCUT2D eigenvalue weighted by molar-refractivity contribution is 0.192. The summed E-state index contributed by atoms with van der Waals surface area (Å²) in [5, 5.41) is 4.05. The average Bonchev–Trinajstić information content (AvgIpc) is 2.87. The molecule has 1 fully saturated rings. The minimum atomic E-state index is -0.349. The summed E-state index contributed by atoms with van der Waals surface area (Å²) in [6, 6.07) is 7.86. The van der Waals surface area contributed by atoms with Gasteiger partial charge in [-0.25, -0.2) is 4.79 Å². The van der Waals surface area contributed by atoms with E-state index in [9.17, 15) is 4.79 Å². The van der Waals surface area contributed by atoms with Crippen LogP contribution in [0.3, 0.4) is 0 Å². The van der Waals surface area contributed by atoms with Gasteiger partial charge in [-0.1, -0.05) is 19.3 Å². The standard InChI is InChI=1S/C15H18N2O2/c18-15(17-12-4-2-1-3-5-12)19-13-7-6-11-8-9-16-14(11)10-13/h6-10,12,16H,1-5H2,(H,17,18). The number of ether oxygens (including phenoxy) is 1. The third-order valence-corrected chi connectivity index (χ3v) is 3.66. The lowest BCUT2D eigenvalue weighted by Gasteiger charge is -2.22. The third-order valence-electron chi connectivity index (χ3n) is 3.66. The molecule has 1 aromatic heterocycles. The number of nitrogens with one attached hydrogen (secondary N) is 2. The number of H-pyrrole nitrogens is 1. The zero-order chi connectivity index (χ0) is 13.1. The number of aromatic nitrogens is 1. The molecule has 0 saturated heterocycles. The molecule has 1 aliphatic carbocycles. The molecule has 4 nitrogen and oxygen atoms in total. The van der Waals surface area contributed by atoms with E-state index < -0.39 is 0 Å². The third kappa shape index (κ3) is 2.89. The summed E-state index contributed by atoms with van der Waals surface area (Å²) in [5.41, 5.74) is 0.975. The Morgan fingerprint density at radius 2 is 2.05 bits per heavy atom. The Bertz CT molecular complexity index is 570.